The smallest absolute Gasteiger partial charge is 0.240 e. The van der Waals surface area contributed by atoms with E-state index >= 15 is 0 Å². The number of carbonyl (C=O) groups excluding carboxylic acids is 1. The van der Waals surface area contributed by atoms with Gasteiger partial charge >= 0.3 is 0 Å². The van der Waals surface area contributed by atoms with E-state index in [4.69, 9.17) is 9.72 Å². The second-order valence-electron chi connectivity index (χ2n) is 7.21. The molecule has 0 aliphatic rings. The molecule has 4 rings (SSSR count). The van der Waals surface area contributed by atoms with E-state index in [1.165, 1.54) is 5.56 Å². The lowest BCUT2D eigenvalue weighted by Crippen LogP contribution is -2.27. The maximum atomic E-state index is 12.7. The fourth-order valence-corrected chi connectivity index (χ4v) is 3.54. The van der Waals surface area contributed by atoms with Crippen LogP contribution in [0.25, 0.3) is 11.0 Å². The van der Waals surface area contributed by atoms with Crippen molar-refractivity contribution < 1.29 is 9.53 Å². The first-order chi connectivity index (χ1) is 14.7. The summed E-state index contributed by atoms with van der Waals surface area (Å²) in [6.07, 6.45) is 1.67. The summed E-state index contributed by atoms with van der Waals surface area (Å²) in [5, 5.41) is 3.01. The average molecular weight is 399 g/mol. The third kappa shape index (κ3) is 4.69. The van der Waals surface area contributed by atoms with E-state index in [9.17, 15) is 4.79 Å². The molecule has 0 radical (unpaired) electrons. The summed E-state index contributed by atoms with van der Waals surface area (Å²) in [5.41, 5.74) is 4.20. The van der Waals surface area contributed by atoms with Crippen molar-refractivity contribution >= 4 is 16.9 Å². The maximum absolute atomic E-state index is 12.7. The number of amides is 1. The van der Waals surface area contributed by atoms with Crippen molar-refractivity contribution in [2.45, 2.75) is 25.9 Å². The van der Waals surface area contributed by atoms with Crippen LogP contribution in [0.1, 0.15) is 17.0 Å². The summed E-state index contributed by atoms with van der Waals surface area (Å²) in [5.74, 6) is 1.70. The predicted octanol–water partition coefficient (Wildman–Crippen LogP) is 4.15. The number of aromatic nitrogens is 2. The lowest BCUT2D eigenvalue weighted by Gasteiger charge is -2.11. The molecule has 0 atom stereocenters. The molecule has 0 bridgehead atoms. The summed E-state index contributed by atoms with van der Waals surface area (Å²) < 4.78 is 7.21. The number of carbonyl (C=O) groups is 1. The van der Waals surface area contributed by atoms with Crippen LogP contribution in [-0.2, 0) is 30.7 Å². The number of aryl methyl sites for hydroxylation is 2. The van der Waals surface area contributed by atoms with Crippen LogP contribution in [0.2, 0.25) is 0 Å². The van der Waals surface area contributed by atoms with Crippen molar-refractivity contribution in [3.63, 3.8) is 0 Å². The molecule has 152 valence electrons. The molecule has 0 saturated heterocycles. The molecule has 30 heavy (non-hydrogen) atoms. The van der Waals surface area contributed by atoms with Crippen LogP contribution in [0.15, 0.2) is 78.9 Å². The van der Waals surface area contributed by atoms with Crippen LogP contribution in [0.3, 0.4) is 0 Å². The first-order valence-corrected chi connectivity index (χ1v) is 10.1. The standard InChI is InChI=1S/C25H25N3O2/c1-30-21-14-11-20(12-15-21)17-26-25(29)18-28-23-10-6-5-9-22(23)27-24(28)16-13-19-7-3-2-4-8-19/h2-12,14-15H,13,16-18H2,1H3,(H,26,29). The Morgan fingerprint density at radius 1 is 0.900 bits per heavy atom. The van der Waals surface area contributed by atoms with E-state index in [1.54, 1.807) is 7.11 Å². The van der Waals surface area contributed by atoms with Gasteiger partial charge in [-0.25, -0.2) is 4.98 Å². The van der Waals surface area contributed by atoms with Crippen molar-refractivity contribution in [3.05, 3.63) is 95.8 Å². The molecular weight excluding hydrogens is 374 g/mol. The molecule has 5 nitrogen and oxygen atoms in total. The van der Waals surface area contributed by atoms with Crippen molar-refractivity contribution in [1.82, 2.24) is 14.9 Å². The Bertz CT molecular complexity index is 1120. The van der Waals surface area contributed by atoms with E-state index in [1.807, 2.05) is 71.3 Å². The normalized spacial score (nSPS) is 10.8. The highest BCUT2D eigenvalue weighted by atomic mass is 16.5. The number of fused-ring (bicyclic) bond motifs is 1. The number of methoxy groups -OCH3 is 1. The fourth-order valence-electron chi connectivity index (χ4n) is 3.54. The number of ether oxygens (including phenoxy) is 1. The molecular formula is C25H25N3O2. The van der Waals surface area contributed by atoms with E-state index in [2.05, 4.69) is 17.4 Å². The van der Waals surface area contributed by atoms with E-state index in [-0.39, 0.29) is 12.5 Å². The molecule has 4 aromatic rings. The first kappa shape index (κ1) is 19.7. The summed E-state index contributed by atoms with van der Waals surface area (Å²) in [6.45, 7) is 0.732. The highest BCUT2D eigenvalue weighted by Gasteiger charge is 2.13. The Labute approximate surface area is 176 Å². The quantitative estimate of drug-likeness (QED) is 0.484. The summed E-state index contributed by atoms with van der Waals surface area (Å²) in [6, 6.07) is 26.0. The van der Waals surface area contributed by atoms with Crippen molar-refractivity contribution in [2.24, 2.45) is 0 Å². The minimum Gasteiger partial charge on any atom is -0.497 e. The van der Waals surface area contributed by atoms with Crippen molar-refractivity contribution in [1.29, 1.82) is 0 Å². The molecule has 3 aromatic carbocycles. The Kier molecular flexibility index (Phi) is 6.09. The van der Waals surface area contributed by atoms with Crippen LogP contribution in [0, 0.1) is 0 Å². The van der Waals surface area contributed by atoms with E-state index in [0.29, 0.717) is 6.54 Å². The van der Waals surface area contributed by atoms with E-state index in [0.717, 1.165) is 41.0 Å². The largest absolute Gasteiger partial charge is 0.497 e. The van der Waals surface area contributed by atoms with Gasteiger partial charge < -0.3 is 14.6 Å². The lowest BCUT2D eigenvalue weighted by molar-refractivity contribution is -0.121. The maximum Gasteiger partial charge on any atom is 0.240 e. The van der Waals surface area contributed by atoms with Gasteiger partial charge in [-0.3, -0.25) is 4.79 Å². The molecule has 0 unspecified atom stereocenters. The number of imidazole rings is 1. The zero-order valence-corrected chi connectivity index (χ0v) is 17.0. The van der Waals surface area contributed by atoms with Gasteiger partial charge in [0, 0.05) is 13.0 Å². The minimum atomic E-state index is -0.0325. The Hall–Kier alpha value is -3.60. The summed E-state index contributed by atoms with van der Waals surface area (Å²) >= 11 is 0. The number of hydrogen-bond donors (Lipinski definition) is 1. The van der Waals surface area contributed by atoms with Crippen LogP contribution < -0.4 is 10.1 Å². The number of benzene rings is 3. The third-order valence-electron chi connectivity index (χ3n) is 5.16. The molecule has 5 heteroatoms. The van der Waals surface area contributed by atoms with Gasteiger partial charge in [0.15, 0.2) is 0 Å². The third-order valence-corrected chi connectivity index (χ3v) is 5.16. The molecule has 1 amide bonds. The summed E-state index contributed by atoms with van der Waals surface area (Å²) in [4.78, 5) is 17.5. The van der Waals surface area contributed by atoms with Crippen molar-refractivity contribution in [2.75, 3.05) is 7.11 Å². The molecule has 0 aliphatic heterocycles. The number of rotatable bonds is 8. The Morgan fingerprint density at radius 2 is 1.63 bits per heavy atom. The van der Waals surface area contributed by atoms with Crippen molar-refractivity contribution in [3.8, 4) is 5.75 Å². The highest BCUT2D eigenvalue weighted by molar-refractivity contribution is 5.81. The molecule has 1 heterocycles. The van der Waals surface area contributed by atoms with Gasteiger partial charge in [0.25, 0.3) is 0 Å². The molecule has 0 fully saturated rings. The molecule has 0 spiro atoms. The lowest BCUT2D eigenvalue weighted by atomic mass is 10.1. The van der Waals surface area contributed by atoms with Crippen LogP contribution in [0.5, 0.6) is 5.75 Å². The molecule has 1 aromatic heterocycles. The van der Waals surface area contributed by atoms with Crippen LogP contribution >= 0.6 is 0 Å². The van der Waals surface area contributed by atoms with Gasteiger partial charge in [-0.05, 0) is 41.8 Å². The van der Waals surface area contributed by atoms with Gasteiger partial charge in [-0.2, -0.15) is 0 Å². The van der Waals surface area contributed by atoms with Gasteiger partial charge in [0.1, 0.15) is 18.1 Å². The predicted molar refractivity (Wildman–Crippen MR) is 118 cm³/mol. The first-order valence-electron chi connectivity index (χ1n) is 10.1. The fraction of sp³-hybridized carbons (Fsp3) is 0.200. The van der Waals surface area contributed by atoms with E-state index < -0.39 is 0 Å². The second-order valence-corrected chi connectivity index (χ2v) is 7.21. The number of nitrogens with zero attached hydrogens (tertiary/aromatic N) is 2. The van der Waals surface area contributed by atoms with Crippen LogP contribution in [0.4, 0.5) is 0 Å². The number of para-hydroxylation sites is 2. The summed E-state index contributed by atoms with van der Waals surface area (Å²) in [7, 11) is 1.64. The Balaban J connectivity index is 1.46. The van der Waals surface area contributed by atoms with Crippen LogP contribution in [-0.4, -0.2) is 22.6 Å². The zero-order valence-electron chi connectivity index (χ0n) is 17.0. The van der Waals surface area contributed by atoms with Gasteiger partial charge in [-0.15, -0.1) is 0 Å². The average Bonchev–Trinajstić information content (AvgIpc) is 3.14. The number of hydrogen-bond acceptors (Lipinski definition) is 3. The topological polar surface area (TPSA) is 56.1 Å². The molecule has 1 N–H and O–H groups in total. The SMILES string of the molecule is COc1ccc(CNC(=O)Cn2c(CCc3ccccc3)nc3ccccc32)cc1. The Morgan fingerprint density at radius 3 is 2.40 bits per heavy atom. The second kappa shape index (κ2) is 9.27. The number of nitrogens with one attached hydrogen (secondary N) is 1. The monoisotopic (exact) mass is 399 g/mol. The minimum absolute atomic E-state index is 0.0325. The highest BCUT2D eigenvalue weighted by Crippen LogP contribution is 2.18. The zero-order chi connectivity index (χ0) is 20.8. The van der Waals surface area contributed by atoms with Gasteiger partial charge in [0.05, 0.1) is 18.1 Å². The van der Waals surface area contributed by atoms with Gasteiger partial charge in [0.2, 0.25) is 5.91 Å². The molecule has 0 saturated carbocycles. The van der Waals surface area contributed by atoms with Gasteiger partial charge in [-0.1, -0.05) is 54.6 Å². The molecule has 0 aliphatic carbocycles.